The van der Waals surface area contributed by atoms with Crippen LogP contribution in [-0.2, 0) is 14.8 Å². The van der Waals surface area contributed by atoms with Crippen molar-refractivity contribution in [1.29, 1.82) is 0 Å². The molecule has 1 aliphatic rings. The van der Waals surface area contributed by atoms with Gasteiger partial charge in [-0.05, 0) is 37.5 Å². The highest BCUT2D eigenvalue weighted by molar-refractivity contribution is 7.89. The van der Waals surface area contributed by atoms with Crippen LogP contribution < -0.4 is 5.32 Å². The van der Waals surface area contributed by atoms with Crippen molar-refractivity contribution in [1.82, 2.24) is 4.31 Å². The van der Waals surface area contributed by atoms with E-state index < -0.39 is 10.0 Å². The van der Waals surface area contributed by atoms with Crippen molar-refractivity contribution in [3.05, 3.63) is 23.8 Å². The van der Waals surface area contributed by atoms with Crippen molar-refractivity contribution in [2.24, 2.45) is 0 Å². The molecule has 1 amide bonds. The Bertz CT molecular complexity index is 649. The maximum absolute atomic E-state index is 12.9. The third kappa shape index (κ3) is 3.67. The molecular weight excluding hydrogens is 300 g/mol. The molecular formula is C16H24N2O3S. The molecule has 0 saturated heterocycles. The lowest BCUT2D eigenvalue weighted by Crippen LogP contribution is -2.38. The van der Waals surface area contributed by atoms with Crippen LogP contribution >= 0.6 is 0 Å². The first-order chi connectivity index (χ1) is 10.3. The lowest BCUT2D eigenvalue weighted by molar-refractivity contribution is -0.114. The van der Waals surface area contributed by atoms with Crippen molar-refractivity contribution in [2.75, 3.05) is 12.4 Å². The number of nitrogens with zero attached hydrogens (tertiary/aromatic N) is 1. The van der Waals surface area contributed by atoms with Crippen LogP contribution in [0.1, 0.15) is 44.6 Å². The molecule has 122 valence electrons. The van der Waals surface area contributed by atoms with Crippen LogP contribution in [0.3, 0.4) is 0 Å². The number of anilines is 1. The van der Waals surface area contributed by atoms with E-state index in [0.717, 1.165) is 25.7 Å². The van der Waals surface area contributed by atoms with Gasteiger partial charge in [-0.3, -0.25) is 4.79 Å². The third-order valence-corrected chi connectivity index (χ3v) is 6.31. The Balaban J connectivity index is 2.33. The van der Waals surface area contributed by atoms with Gasteiger partial charge in [0, 0.05) is 25.7 Å². The van der Waals surface area contributed by atoms with Crippen molar-refractivity contribution < 1.29 is 13.2 Å². The molecule has 2 rings (SSSR count). The Morgan fingerprint density at radius 2 is 1.86 bits per heavy atom. The summed E-state index contributed by atoms with van der Waals surface area (Å²) >= 11 is 0. The van der Waals surface area contributed by atoms with E-state index in [2.05, 4.69) is 5.32 Å². The van der Waals surface area contributed by atoms with E-state index in [1.54, 1.807) is 32.2 Å². The monoisotopic (exact) mass is 324 g/mol. The van der Waals surface area contributed by atoms with Crippen LogP contribution in [0.4, 0.5) is 5.69 Å². The summed E-state index contributed by atoms with van der Waals surface area (Å²) in [5.74, 6) is -0.215. The smallest absolute Gasteiger partial charge is 0.243 e. The zero-order valence-corrected chi connectivity index (χ0v) is 14.2. The van der Waals surface area contributed by atoms with Crippen LogP contribution in [0.15, 0.2) is 23.1 Å². The lowest BCUT2D eigenvalue weighted by atomic mass is 9.96. The van der Waals surface area contributed by atoms with Crippen LogP contribution in [0.5, 0.6) is 0 Å². The van der Waals surface area contributed by atoms with Gasteiger partial charge >= 0.3 is 0 Å². The van der Waals surface area contributed by atoms with Gasteiger partial charge in [0.1, 0.15) is 0 Å². The second-order valence-corrected chi connectivity index (χ2v) is 7.94. The average molecular weight is 324 g/mol. The predicted octanol–water partition coefficient (Wildman–Crippen LogP) is 2.91. The highest BCUT2D eigenvalue weighted by atomic mass is 32.2. The standard InChI is InChI=1S/C16H24N2O3S/c1-12-9-10-14(17-13(2)19)11-16(12)22(20,21)18(3)15-7-5-4-6-8-15/h9-11,15H,4-8H2,1-3H3,(H,17,19). The van der Waals surface area contributed by atoms with E-state index in [4.69, 9.17) is 0 Å². The average Bonchev–Trinajstić information content (AvgIpc) is 2.48. The number of aryl methyl sites for hydroxylation is 1. The van der Waals surface area contributed by atoms with Crippen molar-refractivity contribution in [3.63, 3.8) is 0 Å². The first-order valence-corrected chi connectivity index (χ1v) is 9.12. The summed E-state index contributed by atoms with van der Waals surface area (Å²) in [6.07, 6.45) is 5.17. The summed E-state index contributed by atoms with van der Waals surface area (Å²) < 4.78 is 27.3. The fourth-order valence-corrected chi connectivity index (χ4v) is 4.62. The molecule has 1 aromatic rings. The summed E-state index contributed by atoms with van der Waals surface area (Å²) in [6, 6.07) is 5.07. The van der Waals surface area contributed by atoms with E-state index in [0.29, 0.717) is 11.3 Å². The number of hydrogen-bond donors (Lipinski definition) is 1. The zero-order valence-electron chi connectivity index (χ0n) is 13.4. The number of amides is 1. The van der Waals surface area contributed by atoms with Crippen LogP contribution in [0.25, 0.3) is 0 Å². The maximum Gasteiger partial charge on any atom is 0.243 e. The van der Waals surface area contributed by atoms with Crippen molar-refractivity contribution in [3.8, 4) is 0 Å². The summed E-state index contributed by atoms with van der Waals surface area (Å²) in [5.41, 5.74) is 1.20. The largest absolute Gasteiger partial charge is 0.326 e. The van der Waals surface area contributed by atoms with Crippen LogP contribution in [-0.4, -0.2) is 31.7 Å². The second-order valence-electron chi connectivity index (χ2n) is 5.97. The van der Waals surface area contributed by atoms with Gasteiger partial charge in [0.15, 0.2) is 0 Å². The van der Waals surface area contributed by atoms with E-state index >= 15 is 0 Å². The Morgan fingerprint density at radius 1 is 1.23 bits per heavy atom. The minimum atomic E-state index is -3.55. The number of benzene rings is 1. The predicted molar refractivity (Wildman–Crippen MR) is 87.3 cm³/mol. The van der Waals surface area contributed by atoms with Gasteiger partial charge in [0.2, 0.25) is 15.9 Å². The molecule has 0 bridgehead atoms. The second kappa shape index (κ2) is 6.79. The number of sulfonamides is 1. The summed E-state index contributed by atoms with van der Waals surface area (Å²) in [6.45, 7) is 3.18. The molecule has 1 fully saturated rings. The molecule has 1 saturated carbocycles. The van der Waals surface area contributed by atoms with E-state index in [9.17, 15) is 13.2 Å². The quantitative estimate of drug-likeness (QED) is 0.926. The Labute approximate surface area is 132 Å². The molecule has 5 nitrogen and oxygen atoms in total. The zero-order chi connectivity index (χ0) is 16.3. The molecule has 22 heavy (non-hydrogen) atoms. The first kappa shape index (κ1) is 17.0. The normalized spacial score (nSPS) is 16.7. The fourth-order valence-electron chi connectivity index (χ4n) is 2.96. The summed E-state index contributed by atoms with van der Waals surface area (Å²) in [5, 5.41) is 2.64. The number of nitrogens with one attached hydrogen (secondary N) is 1. The number of hydrogen-bond acceptors (Lipinski definition) is 3. The minimum absolute atomic E-state index is 0.0718. The van der Waals surface area contributed by atoms with Gasteiger partial charge in [0.25, 0.3) is 0 Å². The van der Waals surface area contributed by atoms with E-state index in [-0.39, 0.29) is 16.8 Å². The number of rotatable bonds is 4. The van der Waals surface area contributed by atoms with E-state index in [1.807, 2.05) is 0 Å². The first-order valence-electron chi connectivity index (χ1n) is 7.68. The van der Waals surface area contributed by atoms with Gasteiger partial charge < -0.3 is 5.32 Å². The summed E-state index contributed by atoms with van der Waals surface area (Å²) in [7, 11) is -1.88. The molecule has 0 unspecified atom stereocenters. The maximum atomic E-state index is 12.9. The SMILES string of the molecule is CC(=O)Nc1ccc(C)c(S(=O)(=O)N(C)C2CCCCC2)c1. The Kier molecular flexibility index (Phi) is 5.24. The van der Waals surface area contributed by atoms with Crippen molar-refractivity contribution in [2.45, 2.75) is 56.9 Å². The van der Waals surface area contributed by atoms with Crippen LogP contribution in [0.2, 0.25) is 0 Å². The van der Waals surface area contributed by atoms with Gasteiger partial charge in [-0.15, -0.1) is 0 Å². The molecule has 0 atom stereocenters. The lowest BCUT2D eigenvalue weighted by Gasteiger charge is -2.30. The topological polar surface area (TPSA) is 66.5 Å². The fraction of sp³-hybridized carbons (Fsp3) is 0.562. The van der Waals surface area contributed by atoms with Gasteiger partial charge in [-0.25, -0.2) is 8.42 Å². The Morgan fingerprint density at radius 3 is 2.45 bits per heavy atom. The molecule has 0 heterocycles. The molecule has 0 spiro atoms. The Hall–Kier alpha value is -1.40. The molecule has 0 aromatic heterocycles. The molecule has 1 N–H and O–H groups in total. The van der Waals surface area contributed by atoms with Crippen molar-refractivity contribution >= 4 is 21.6 Å². The van der Waals surface area contributed by atoms with Gasteiger partial charge in [-0.2, -0.15) is 4.31 Å². The van der Waals surface area contributed by atoms with Crippen LogP contribution in [0, 0.1) is 6.92 Å². The number of carbonyl (C=O) groups is 1. The minimum Gasteiger partial charge on any atom is -0.326 e. The highest BCUT2D eigenvalue weighted by Crippen LogP contribution is 2.29. The van der Waals surface area contributed by atoms with Gasteiger partial charge in [0.05, 0.1) is 4.90 Å². The molecule has 0 radical (unpaired) electrons. The summed E-state index contributed by atoms with van der Waals surface area (Å²) in [4.78, 5) is 11.4. The van der Waals surface area contributed by atoms with E-state index in [1.165, 1.54) is 17.6 Å². The van der Waals surface area contributed by atoms with Gasteiger partial charge in [-0.1, -0.05) is 25.3 Å². The third-order valence-electron chi connectivity index (χ3n) is 4.25. The molecule has 0 aliphatic heterocycles. The molecule has 6 heteroatoms. The highest BCUT2D eigenvalue weighted by Gasteiger charge is 2.30. The molecule has 1 aromatic carbocycles. The number of carbonyl (C=O) groups excluding carboxylic acids is 1. The molecule has 1 aliphatic carbocycles.